The molecule has 0 aliphatic carbocycles. The lowest BCUT2D eigenvalue weighted by Gasteiger charge is -2.30. The Balaban J connectivity index is 1.81. The van der Waals surface area contributed by atoms with Crippen molar-refractivity contribution in [2.45, 2.75) is 16.3 Å². The molecular weight excluding hydrogens is 244 g/mol. The molecule has 1 aromatic heterocycles. The summed E-state index contributed by atoms with van der Waals surface area (Å²) in [7, 11) is 0. The van der Waals surface area contributed by atoms with E-state index in [2.05, 4.69) is 4.98 Å². The van der Waals surface area contributed by atoms with Crippen LogP contribution in [0.1, 0.15) is 11.6 Å². The van der Waals surface area contributed by atoms with E-state index in [4.69, 9.17) is 10.5 Å². The zero-order valence-corrected chi connectivity index (χ0v) is 10.6. The number of pyridine rings is 1. The number of rotatable bonds is 2. The van der Waals surface area contributed by atoms with Crippen LogP contribution in [0.15, 0.2) is 53.7 Å². The van der Waals surface area contributed by atoms with Crippen molar-refractivity contribution in [3.63, 3.8) is 0 Å². The Morgan fingerprint density at radius 1 is 1.17 bits per heavy atom. The summed E-state index contributed by atoms with van der Waals surface area (Å²) in [5.41, 5.74) is 7.39. The molecular formula is C14H14N2OS. The van der Waals surface area contributed by atoms with Gasteiger partial charge in [0.15, 0.2) is 0 Å². The molecule has 2 aromatic rings. The Hall–Kier alpha value is -1.52. The van der Waals surface area contributed by atoms with Crippen LogP contribution in [0, 0.1) is 0 Å². The van der Waals surface area contributed by atoms with E-state index in [1.165, 1.54) is 0 Å². The van der Waals surface area contributed by atoms with Gasteiger partial charge in [-0.3, -0.25) is 0 Å². The fourth-order valence-corrected chi connectivity index (χ4v) is 3.06. The zero-order chi connectivity index (χ0) is 12.4. The third-order valence-corrected chi connectivity index (χ3v) is 4.21. The number of hydrogen-bond donors (Lipinski definition) is 1. The van der Waals surface area contributed by atoms with Gasteiger partial charge in [-0.15, -0.1) is 0 Å². The number of fused-ring (bicyclic) bond motifs is 1. The summed E-state index contributed by atoms with van der Waals surface area (Å²) in [6.45, 7) is 0.624. The molecule has 0 radical (unpaired) electrons. The van der Waals surface area contributed by atoms with Gasteiger partial charge in [0.2, 0.25) is 0 Å². The first-order chi connectivity index (χ1) is 8.84. The molecule has 3 rings (SSSR count). The van der Waals surface area contributed by atoms with Gasteiger partial charge in [0.25, 0.3) is 0 Å². The largest absolute Gasteiger partial charge is 0.492 e. The maximum Gasteiger partial charge on any atom is 0.124 e. The highest BCUT2D eigenvalue weighted by molar-refractivity contribution is 7.99. The zero-order valence-electron chi connectivity index (χ0n) is 9.82. The van der Waals surface area contributed by atoms with Crippen LogP contribution in [0.4, 0.5) is 0 Å². The summed E-state index contributed by atoms with van der Waals surface area (Å²) in [4.78, 5) is 4.32. The first-order valence-electron chi connectivity index (χ1n) is 5.89. The quantitative estimate of drug-likeness (QED) is 0.899. The number of aromatic nitrogens is 1. The van der Waals surface area contributed by atoms with Crippen LogP contribution >= 0.6 is 11.8 Å². The highest BCUT2D eigenvalue weighted by atomic mass is 32.2. The lowest BCUT2D eigenvalue weighted by atomic mass is 10.0. The van der Waals surface area contributed by atoms with E-state index >= 15 is 0 Å². The number of nitrogens with zero attached hydrogens (tertiary/aromatic N) is 1. The standard InChI is InChI=1S/C14H14N2OS/c15-14-10-5-1-2-6-11(10)17-9-12(14)18-13-7-3-4-8-16-13/h1-8,12,14H,9,15H2. The van der Waals surface area contributed by atoms with E-state index in [0.29, 0.717) is 6.61 Å². The Labute approximate surface area is 110 Å². The summed E-state index contributed by atoms with van der Waals surface area (Å²) >= 11 is 1.68. The maximum absolute atomic E-state index is 6.31. The summed E-state index contributed by atoms with van der Waals surface area (Å²) in [5, 5.41) is 1.19. The van der Waals surface area contributed by atoms with E-state index in [9.17, 15) is 0 Å². The van der Waals surface area contributed by atoms with Gasteiger partial charge in [-0.25, -0.2) is 4.98 Å². The maximum atomic E-state index is 6.31. The Morgan fingerprint density at radius 2 is 2.00 bits per heavy atom. The molecule has 2 N–H and O–H groups in total. The summed E-state index contributed by atoms with van der Waals surface area (Å²) in [6, 6.07) is 13.9. The molecule has 0 saturated heterocycles. The van der Waals surface area contributed by atoms with Crippen LogP contribution in [0.3, 0.4) is 0 Å². The SMILES string of the molecule is NC1c2ccccc2OCC1Sc1ccccn1. The number of ether oxygens (including phenoxy) is 1. The first kappa shape index (κ1) is 11.6. The average Bonchev–Trinajstić information content (AvgIpc) is 2.43. The van der Waals surface area contributed by atoms with Crippen LogP contribution in [0.25, 0.3) is 0 Å². The third kappa shape index (κ3) is 2.21. The number of thioether (sulfide) groups is 1. The minimum Gasteiger partial charge on any atom is -0.492 e. The van der Waals surface area contributed by atoms with Crippen LogP contribution in [0.5, 0.6) is 5.75 Å². The van der Waals surface area contributed by atoms with Crippen molar-refractivity contribution < 1.29 is 4.74 Å². The van der Waals surface area contributed by atoms with Gasteiger partial charge in [-0.2, -0.15) is 0 Å². The monoisotopic (exact) mass is 258 g/mol. The first-order valence-corrected chi connectivity index (χ1v) is 6.77. The molecule has 0 fully saturated rings. The summed E-state index contributed by atoms with van der Waals surface area (Å²) in [5.74, 6) is 0.905. The molecule has 4 heteroatoms. The molecule has 1 aromatic carbocycles. The van der Waals surface area contributed by atoms with Crippen molar-refractivity contribution in [2.75, 3.05) is 6.61 Å². The molecule has 0 spiro atoms. The molecule has 1 aliphatic rings. The van der Waals surface area contributed by atoms with E-state index < -0.39 is 0 Å². The van der Waals surface area contributed by atoms with Crippen LogP contribution < -0.4 is 10.5 Å². The van der Waals surface area contributed by atoms with Crippen molar-refractivity contribution in [3.05, 3.63) is 54.2 Å². The smallest absolute Gasteiger partial charge is 0.124 e. The highest BCUT2D eigenvalue weighted by Crippen LogP contribution is 2.37. The van der Waals surface area contributed by atoms with Crippen molar-refractivity contribution in [1.82, 2.24) is 4.98 Å². The van der Waals surface area contributed by atoms with Crippen LogP contribution in [-0.4, -0.2) is 16.8 Å². The van der Waals surface area contributed by atoms with E-state index in [0.717, 1.165) is 16.3 Å². The lowest BCUT2D eigenvalue weighted by Crippen LogP contribution is -2.33. The number of benzene rings is 1. The van der Waals surface area contributed by atoms with E-state index in [-0.39, 0.29) is 11.3 Å². The predicted octanol–water partition coefficient (Wildman–Crippen LogP) is 2.63. The molecule has 0 saturated carbocycles. The van der Waals surface area contributed by atoms with Crippen molar-refractivity contribution >= 4 is 11.8 Å². The molecule has 0 amide bonds. The predicted molar refractivity (Wildman–Crippen MR) is 72.7 cm³/mol. The van der Waals surface area contributed by atoms with E-state index in [1.54, 1.807) is 18.0 Å². The van der Waals surface area contributed by atoms with Gasteiger partial charge in [-0.1, -0.05) is 36.0 Å². The molecule has 2 atom stereocenters. The van der Waals surface area contributed by atoms with Gasteiger partial charge in [0, 0.05) is 17.8 Å². The topological polar surface area (TPSA) is 48.1 Å². The van der Waals surface area contributed by atoms with E-state index in [1.807, 2.05) is 42.5 Å². The van der Waals surface area contributed by atoms with Crippen LogP contribution in [0.2, 0.25) is 0 Å². The minimum absolute atomic E-state index is 0.0121. The molecule has 18 heavy (non-hydrogen) atoms. The van der Waals surface area contributed by atoms with Gasteiger partial charge < -0.3 is 10.5 Å². The van der Waals surface area contributed by atoms with Crippen molar-refractivity contribution in [1.29, 1.82) is 0 Å². The molecule has 92 valence electrons. The molecule has 2 heterocycles. The van der Waals surface area contributed by atoms with Crippen LogP contribution in [-0.2, 0) is 0 Å². The normalized spacial score (nSPS) is 22.1. The van der Waals surface area contributed by atoms with Crippen molar-refractivity contribution in [2.24, 2.45) is 5.73 Å². The van der Waals surface area contributed by atoms with Gasteiger partial charge in [0.1, 0.15) is 12.4 Å². The minimum atomic E-state index is -0.0121. The second-order valence-electron chi connectivity index (χ2n) is 4.20. The molecule has 3 nitrogen and oxygen atoms in total. The summed E-state index contributed by atoms with van der Waals surface area (Å²) < 4.78 is 5.75. The number of hydrogen-bond acceptors (Lipinski definition) is 4. The Morgan fingerprint density at radius 3 is 2.83 bits per heavy atom. The van der Waals surface area contributed by atoms with Gasteiger partial charge >= 0.3 is 0 Å². The fraction of sp³-hybridized carbons (Fsp3) is 0.214. The molecule has 0 bridgehead atoms. The summed E-state index contributed by atoms with van der Waals surface area (Å²) in [6.07, 6.45) is 1.80. The number of para-hydroxylation sites is 1. The average molecular weight is 258 g/mol. The Bertz CT molecular complexity index is 532. The third-order valence-electron chi connectivity index (χ3n) is 2.99. The van der Waals surface area contributed by atoms with Gasteiger partial charge in [-0.05, 0) is 18.2 Å². The molecule has 2 unspecified atom stereocenters. The number of nitrogens with two attached hydrogens (primary N) is 1. The van der Waals surface area contributed by atoms with Gasteiger partial charge in [0.05, 0.1) is 10.3 Å². The Kier molecular flexibility index (Phi) is 3.21. The van der Waals surface area contributed by atoms with Crippen molar-refractivity contribution in [3.8, 4) is 5.75 Å². The fourth-order valence-electron chi connectivity index (χ4n) is 2.04. The molecule has 1 aliphatic heterocycles. The second-order valence-corrected chi connectivity index (χ2v) is 5.46. The highest BCUT2D eigenvalue weighted by Gasteiger charge is 2.28. The lowest BCUT2D eigenvalue weighted by molar-refractivity contribution is 0.276. The second kappa shape index (κ2) is 5.00.